The lowest BCUT2D eigenvalue weighted by Gasteiger charge is -2.24. The fourth-order valence-electron chi connectivity index (χ4n) is 5.19. The van der Waals surface area contributed by atoms with Crippen LogP contribution in [-0.2, 0) is 14.8 Å². The normalized spacial score (nSPS) is 15.6. The molecule has 2 aliphatic heterocycles. The molecule has 232 valence electrons. The van der Waals surface area contributed by atoms with E-state index in [0.717, 1.165) is 28.3 Å². The maximum Gasteiger partial charge on any atom is 0.240 e. The van der Waals surface area contributed by atoms with Crippen LogP contribution in [0.3, 0.4) is 0 Å². The summed E-state index contributed by atoms with van der Waals surface area (Å²) in [6.07, 6.45) is 1.10. The van der Waals surface area contributed by atoms with E-state index < -0.39 is 10.0 Å². The first-order chi connectivity index (χ1) is 21.8. The molecule has 2 aliphatic rings. The van der Waals surface area contributed by atoms with E-state index in [1.54, 1.807) is 7.11 Å². The Morgan fingerprint density at radius 3 is 2.56 bits per heavy atom. The number of carbonyl (C=O) groups excluding carboxylic acids is 1. The smallest absolute Gasteiger partial charge is 0.240 e. The SMILES string of the molecule is COc1ccc(N2N=C(c3ccc4c(c3)OCO4)CC2c2cccc(NC(=O)CCCNS(=O)(=O)c3ccc(Cl)cc3)c2)cc1. The van der Waals surface area contributed by atoms with E-state index in [9.17, 15) is 13.2 Å². The summed E-state index contributed by atoms with van der Waals surface area (Å²) in [4.78, 5) is 12.9. The number of nitrogens with one attached hydrogen (secondary N) is 2. The summed E-state index contributed by atoms with van der Waals surface area (Å²) in [5, 5.41) is 10.4. The standard InChI is InChI=1S/C33H31ClN4O6S/c1-42-27-12-10-26(11-13-27)38-30(20-29(37-38)22-7-16-31-32(19-22)44-21-43-31)23-4-2-5-25(18-23)36-33(39)6-3-17-35-45(40,41)28-14-8-24(34)9-15-28/h2,4-5,7-16,18-19,30,35H,3,6,17,20-21H2,1H3,(H,36,39). The molecule has 10 nitrogen and oxygen atoms in total. The van der Waals surface area contributed by atoms with E-state index in [1.165, 1.54) is 24.3 Å². The number of ether oxygens (including phenoxy) is 3. The van der Waals surface area contributed by atoms with Crippen molar-refractivity contribution < 1.29 is 27.4 Å². The summed E-state index contributed by atoms with van der Waals surface area (Å²) in [5.74, 6) is 1.94. The molecule has 1 atom stereocenters. The van der Waals surface area contributed by atoms with Crippen LogP contribution in [-0.4, -0.2) is 40.5 Å². The van der Waals surface area contributed by atoms with Gasteiger partial charge in [0.25, 0.3) is 0 Å². The van der Waals surface area contributed by atoms with Gasteiger partial charge in [0.1, 0.15) is 5.75 Å². The molecular formula is C33H31ClN4O6S. The molecule has 1 unspecified atom stereocenters. The third kappa shape index (κ3) is 7.06. The van der Waals surface area contributed by atoms with Crippen molar-refractivity contribution in [1.82, 2.24) is 4.72 Å². The van der Waals surface area contributed by atoms with Crippen molar-refractivity contribution in [2.75, 3.05) is 30.8 Å². The molecule has 6 rings (SSSR count). The van der Waals surface area contributed by atoms with Gasteiger partial charge in [0.2, 0.25) is 22.7 Å². The molecule has 1 amide bonds. The maximum absolute atomic E-state index is 12.8. The molecule has 0 saturated carbocycles. The van der Waals surface area contributed by atoms with Crippen molar-refractivity contribution in [3.05, 3.63) is 107 Å². The second kappa shape index (κ2) is 13.2. The van der Waals surface area contributed by atoms with E-state index >= 15 is 0 Å². The van der Waals surface area contributed by atoms with Gasteiger partial charge in [-0.1, -0.05) is 23.7 Å². The number of hydrogen-bond donors (Lipinski definition) is 2. The molecule has 2 N–H and O–H groups in total. The predicted molar refractivity (Wildman–Crippen MR) is 173 cm³/mol. The van der Waals surface area contributed by atoms with Crippen molar-refractivity contribution in [3.8, 4) is 17.2 Å². The Balaban J connectivity index is 1.13. The first kappa shape index (κ1) is 30.4. The van der Waals surface area contributed by atoms with Gasteiger partial charge >= 0.3 is 0 Å². The highest BCUT2D eigenvalue weighted by atomic mass is 35.5. The molecule has 12 heteroatoms. The molecule has 0 saturated heterocycles. The van der Waals surface area contributed by atoms with E-state index in [2.05, 4.69) is 10.0 Å². The first-order valence-electron chi connectivity index (χ1n) is 14.3. The summed E-state index contributed by atoms with van der Waals surface area (Å²) >= 11 is 5.85. The Morgan fingerprint density at radius 1 is 1.00 bits per heavy atom. The number of hydrazone groups is 1. The third-order valence-corrected chi connectivity index (χ3v) is 9.23. The molecule has 4 aromatic carbocycles. The summed E-state index contributed by atoms with van der Waals surface area (Å²) in [5.41, 5.74) is 4.34. The van der Waals surface area contributed by atoms with Gasteiger partial charge in [-0.3, -0.25) is 9.80 Å². The van der Waals surface area contributed by atoms with Gasteiger partial charge in [0.05, 0.1) is 29.4 Å². The van der Waals surface area contributed by atoms with E-state index in [0.29, 0.717) is 35.1 Å². The number of amides is 1. The second-order valence-electron chi connectivity index (χ2n) is 10.5. The molecule has 0 radical (unpaired) electrons. The van der Waals surface area contributed by atoms with Crippen LogP contribution < -0.4 is 29.3 Å². The molecule has 0 aromatic heterocycles. The number of sulfonamides is 1. The number of methoxy groups -OCH3 is 1. The van der Waals surface area contributed by atoms with Gasteiger partial charge in [0, 0.05) is 35.7 Å². The second-order valence-corrected chi connectivity index (χ2v) is 12.7. The fraction of sp³-hybridized carbons (Fsp3) is 0.212. The van der Waals surface area contributed by atoms with Gasteiger partial charge in [-0.2, -0.15) is 5.10 Å². The lowest BCUT2D eigenvalue weighted by atomic mass is 9.97. The molecule has 45 heavy (non-hydrogen) atoms. The van der Waals surface area contributed by atoms with Crippen molar-refractivity contribution in [2.24, 2.45) is 5.10 Å². The van der Waals surface area contributed by atoms with E-state index in [1.807, 2.05) is 71.7 Å². The number of nitrogens with zero attached hydrogens (tertiary/aromatic N) is 2. The topological polar surface area (TPSA) is 119 Å². The maximum atomic E-state index is 12.8. The molecular weight excluding hydrogens is 616 g/mol. The van der Waals surface area contributed by atoms with Crippen LogP contribution in [0.25, 0.3) is 0 Å². The number of carbonyl (C=O) groups is 1. The number of benzene rings is 4. The van der Waals surface area contributed by atoms with Crippen molar-refractivity contribution in [2.45, 2.75) is 30.2 Å². The fourth-order valence-corrected chi connectivity index (χ4v) is 6.39. The zero-order chi connectivity index (χ0) is 31.4. The summed E-state index contributed by atoms with van der Waals surface area (Å²) in [6, 6.07) is 27.0. The molecule has 2 heterocycles. The summed E-state index contributed by atoms with van der Waals surface area (Å²) in [7, 11) is -2.06. The minimum Gasteiger partial charge on any atom is -0.497 e. The van der Waals surface area contributed by atoms with Crippen LogP contribution in [0, 0.1) is 0 Å². The van der Waals surface area contributed by atoms with Gasteiger partial charge in [0.15, 0.2) is 11.5 Å². The minimum absolute atomic E-state index is 0.120. The van der Waals surface area contributed by atoms with Gasteiger partial charge in [-0.25, -0.2) is 13.1 Å². The van der Waals surface area contributed by atoms with Gasteiger partial charge in [-0.05, 0) is 90.8 Å². The monoisotopic (exact) mass is 646 g/mol. The van der Waals surface area contributed by atoms with Crippen LogP contribution in [0.5, 0.6) is 17.2 Å². The molecule has 4 aromatic rings. The lowest BCUT2D eigenvalue weighted by molar-refractivity contribution is -0.116. The first-order valence-corrected chi connectivity index (χ1v) is 16.2. The lowest BCUT2D eigenvalue weighted by Crippen LogP contribution is -2.25. The van der Waals surface area contributed by atoms with Gasteiger partial charge in [-0.15, -0.1) is 0 Å². The zero-order valence-corrected chi connectivity index (χ0v) is 26.0. The molecule has 0 fully saturated rings. The number of rotatable bonds is 11. The molecule has 0 spiro atoms. The highest BCUT2D eigenvalue weighted by molar-refractivity contribution is 7.89. The number of anilines is 2. The largest absolute Gasteiger partial charge is 0.497 e. The quantitative estimate of drug-likeness (QED) is 0.188. The highest BCUT2D eigenvalue weighted by Gasteiger charge is 2.31. The average Bonchev–Trinajstić information content (AvgIpc) is 3.71. The highest BCUT2D eigenvalue weighted by Crippen LogP contribution is 2.40. The van der Waals surface area contributed by atoms with Gasteiger partial charge < -0.3 is 19.5 Å². The Bertz CT molecular complexity index is 1830. The zero-order valence-electron chi connectivity index (χ0n) is 24.4. The van der Waals surface area contributed by atoms with Crippen molar-refractivity contribution in [3.63, 3.8) is 0 Å². The minimum atomic E-state index is -3.68. The Kier molecular flexibility index (Phi) is 8.92. The number of halogens is 1. The van der Waals surface area contributed by atoms with Crippen LogP contribution >= 0.6 is 11.6 Å². The van der Waals surface area contributed by atoms with Crippen LogP contribution in [0.1, 0.15) is 36.4 Å². The Hall–Kier alpha value is -4.58. The predicted octanol–water partition coefficient (Wildman–Crippen LogP) is 6.13. The average molecular weight is 647 g/mol. The number of hydrogen-bond acceptors (Lipinski definition) is 8. The van der Waals surface area contributed by atoms with Crippen LogP contribution in [0.4, 0.5) is 11.4 Å². The van der Waals surface area contributed by atoms with Crippen molar-refractivity contribution in [1.29, 1.82) is 0 Å². The summed E-state index contributed by atoms with van der Waals surface area (Å²) < 4.78 is 43.9. The van der Waals surface area contributed by atoms with E-state index in [4.69, 9.17) is 30.9 Å². The number of fused-ring (bicyclic) bond motifs is 1. The van der Waals surface area contributed by atoms with Crippen LogP contribution in [0.2, 0.25) is 5.02 Å². The molecule has 0 aliphatic carbocycles. The Morgan fingerprint density at radius 2 is 1.78 bits per heavy atom. The molecule has 0 bridgehead atoms. The van der Waals surface area contributed by atoms with Crippen LogP contribution in [0.15, 0.2) is 101 Å². The Labute approximate surface area is 266 Å². The third-order valence-electron chi connectivity index (χ3n) is 7.50. The van der Waals surface area contributed by atoms with E-state index in [-0.39, 0.29) is 36.6 Å². The van der Waals surface area contributed by atoms with Crippen molar-refractivity contribution >= 4 is 44.6 Å². The summed E-state index contributed by atoms with van der Waals surface area (Å²) in [6.45, 7) is 0.320.